The third-order valence-corrected chi connectivity index (χ3v) is 5.40. The van der Waals surface area contributed by atoms with Crippen molar-refractivity contribution in [1.82, 2.24) is 5.32 Å². The van der Waals surface area contributed by atoms with Crippen molar-refractivity contribution in [2.45, 2.75) is 19.9 Å². The Balaban J connectivity index is 2.07. The van der Waals surface area contributed by atoms with Gasteiger partial charge in [-0.25, -0.2) is 8.42 Å². The molecule has 0 aromatic heterocycles. The monoisotopic (exact) mass is 406 g/mol. The zero-order valence-electron chi connectivity index (χ0n) is 16.6. The molecular weight excluding hydrogens is 380 g/mol. The number of ether oxygens (including phenoxy) is 2. The molecule has 0 aliphatic rings. The number of sulfonamides is 1. The Morgan fingerprint density at radius 2 is 1.61 bits per heavy atom. The summed E-state index contributed by atoms with van der Waals surface area (Å²) in [7, 11) is -0.516. The van der Waals surface area contributed by atoms with Crippen molar-refractivity contribution >= 4 is 21.6 Å². The minimum Gasteiger partial charge on any atom is -0.493 e. The lowest BCUT2D eigenvalue weighted by molar-refractivity contribution is -0.119. The quantitative estimate of drug-likeness (QED) is 0.691. The zero-order chi connectivity index (χ0) is 20.7. The molecule has 0 fully saturated rings. The van der Waals surface area contributed by atoms with Gasteiger partial charge in [0, 0.05) is 6.54 Å². The van der Waals surface area contributed by atoms with E-state index >= 15 is 0 Å². The second kappa shape index (κ2) is 9.45. The Labute approximate surface area is 166 Å². The number of nitrogens with one attached hydrogen (secondary N) is 1. The molecule has 2 rings (SSSR count). The molecule has 0 spiro atoms. The normalized spacial score (nSPS) is 11.0. The third-order valence-electron chi connectivity index (χ3n) is 4.26. The van der Waals surface area contributed by atoms with E-state index < -0.39 is 15.9 Å². The van der Waals surface area contributed by atoms with Crippen molar-refractivity contribution in [2.75, 3.05) is 31.3 Å². The number of methoxy groups -OCH3 is 2. The average molecular weight is 407 g/mol. The Morgan fingerprint density at radius 3 is 2.14 bits per heavy atom. The van der Waals surface area contributed by atoms with Gasteiger partial charge in [0.15, 0.2) is 11.5 Å². The first kappa shape index (κ1) is 21.6. The molecule has 0 saturated heterocycles. The minimum absolute atomic E-state index is 0.242. The second-order valence-corrected chi connectivity index (χ2v) is 8.16. The molecule has 2 aromatic rings. The van der Waals surface area contributed by atoms with E-state index in [0.717, 1.165) is 28.1 Å². The lowest BCUT2D eigenvalue weighted by Crippen LogP contribution is -2.40. The number of aryl methyl sites for hydroxylation is 1. The molecule has 7 nitrogen and oxygen atoms in total. The van der Waals surface area contributed by atoms with Crippen LogP contribution in [0.3, 0.4) is 0 Å². The van der Waals surface area contributed by atoms with E-state index in [1.54, 1.807) is 37.4 Å². The number of amides is 1. The topological polar surface area (TPSA) is 84.9 Å². The van der Waals surface area contributed by atoms with Gasteiger partial charge in [0.25, 0.3) is 0 Å². The van der Waals surface area contributed by atoms with Gasteiger partial charge in [0.05, 0.1) is 26.2 Å². The van der Waals surface area contributed by atoms with Gasteiger partial charge in [-0.3, -0.25) is 9.10 Å². The molecule has 0 radical (unpaired) electrons. The number of anilines is 1. The van der Waals surface area contributed by atoms with Crippen LogP contribution in [0, 0.1) is 0 Å². The van der Waals surface area contributed by atoms with Crippen molar-refractivity contribution in [3.8, 4) is 11.5 Å². The van der Waals surface area contributed by atoms with Crippen LogP contribution in [0.25, 0.3) is 0 Å². The van der Waals surface area contributed by atoms with Gasteiger partial charge in [0.1, 0.15) is 6.54 Å². The largest absolute Gasteiger partial charge is 0.493 e. The number of rotatable bonds is 9. The Hall–Kier alpha value is -2.74. The molecule has 8 heteroatoms. The van der Waals surface area contributed by atoms with Crippen LogP contribution in [0.15, 0.2) is 42.5 Å². The fourth-order valence-electron chi connectivity index (χ4n) is 2.68. The second-order valence-electron chi connectivity index (χ2n) is 6.26. The first-order chi connectivity index (χ1) is 13.3. The molecule has 0 heterocycles. The lowest BCUT2D eigenvalue weighted by Gasteiger charge is -2.22. The van der Waals surface area contributed by atoms with Gasteiger partial charge < -0.3 is 14.8 Å². The van der Waals surface area contributed by atoms with Crippen molar-refractivity contribution in [1.29, 1.82) is 0 Å². The molecule has 1 N–H and O–H groups in total. The molecule has 0 bridgehead atoms. The van der Waals surface area contributed by atoms with Crippen molar-refractivity contribution in [3.05, 3.63) is 53.6 Å². The highest BCUT2D eigenvalue weighted by Crippen LogP contribution is 2.27. The summed E-state index contributed by atoms with van der Waals surface area (Å²) < 4.78 is 35.9. The molecule has 152 valence electrons. The highest BCUT2D eigenvalue weighted by atomic mass is 32.2. The van der Waals surface area contributed by atoms with E-state index in [9.17, 15) is 13.2 Å². The predicted molar refractivity (Wildman–Crippen MR) is 109 cm³/mol. The molecule has 28 heavy (non-hydrogen) atoms. The molecule has 2 aromatic carbocycles. The zero-order valence-corrected chi connectivity index (χ0v) is 17.4. The van der Waals surface area contributed by atoms with Crippen LogP contribution in [0.4, 0.5) is 5.69 Å². The van der Waals surface area contributed by atoms with E-state index in [1.807, 2.05) is 19.1 Å². The Kier molecular flexibility index (Phi) is 7.28. The van der Waals surface area contributed by atoms with Crippen molar-refractivity contribution < 1.29 is 22.7 Å². The summed E-state index contributed by atoms with van der Waals surface area (Å²) in [5, 5.41) is 2.74. The Morgan fingerprint density at radius 1 is 1.00 bits per heavy atom. The minimum atomic E-state index is -3.60. The van der Waals surface area contributed by atoms with E-state index in [4.69, 9.17) is 9.47 Å². The number of hydrogen-bond donors (Lipinski definition) is 1. The van der Waals surface area contributed by atoms with E-state index in [1.165, 1.54) is 7.11 Å². The lowest BCUT2D eigenvalue weighted by atomic mass is 10.1. The highest BCUT2D eigenvalue weighted by Gasteiger charge is 2.20. The van der Waals surface area contributed by atoms with Crippen LogP contribution in [0.2, 0.25) is 0 Å². The van der Waals surface area contributed by atoms with Crippen LogP contribution in [0.5, 0.6) is 11.5 Å². The SMILES string of the molecule is CCc1ccc(N(CC(=O)NCc2ccc(OC)c(OC)c2)S(C)(=O)=O)cc1. The molecule has 0 aliphatic carbocycles. The summed E-state index contributed by atoms with van der Waals surface area (Å²) in [6.45, 7) is 1.97. The van der Waals surface area contributed by atoms with Gasteiger partial charge in [-0.05, 0) is 41.8 Å². The summed E-state index contributed by atoms with van der Waals surface area (Å²) in [5.41, 5.74) is 2.36. The first-order valence-corrected chi connectivity index (χ1v) is 10.7. The van der Waals surface area contributed by atoms with Crippen molar-refractivity contribution in [3.63, 3.8) is 0 Å². The van der Waals surface area contributed by atoms with Crippen LogP contribution in [-0.2, 0) is 27.8 Å². The van der Waals surface area contributed by atoms with E-state index in [-0.39, 0.29) is 13.1 Å². The van der Waals surface area contributed by atoms with Crippen molar-refractivity contribution in [2.24, 2.45) is 0 Å². The molecule has 0 aliphatic heterocycles. The average Bonchev–Trinajstić information content (AvgIpc) is 2.69. The molecule has 1 amide bonds. The fourth-order valence-corrected chi connectivity index (χ4v) is 3.53. The van der Waals surface area contributed by atoms with Gasteiger partial charge in [-0.1, -0.05) is 25.1 Å². The standard InChI is InChI=1S/C20H26N2O5S/c1-5-15-6-9-17(10-7-15)22(28(4,24)25)14-20(23)21-13-16-8-11-18(26-2)19(12-16)27-3/h6-12H,5,13-14H2,1-4H3,(H,21,23). The number of carbonyl (C=O) groups is 1. The summed E-state index contributed by atoms with van der Waals surface area (Å²) in [4.78, 5) is 12.4. The van der Waals surface area contributed by atoms with Crippen LogP contribution >= 0.6 is 0 Å². The number of nitrogens with zero attached hydrogens (tertiary/aromatic N) is 1. The number of hydrogen-bond acceptors (Lipinski definition) is 5. The Bertz CT molecular complexity index is 911. The fraction of sp³-hybridized carbons (Fsp3) is 0.350. The number of carbonyl (C=O) groups excluding carboxylic acids is 1. The highest BCUT2D eigenvalue weighted by molar-refractivity contribution is 7.92. The molecule has 0 atom stereocenters. The van der Waals surface area contributed by atoms with Gasteiger partial charge >= 0.3 is 0 Å². The summed E-state index contributed by atoms with van der Waals surface area (Å²) in [6.07, 6.45) is 1.94. The third kappa shape index (κ3) is 5.63. The van der Waals surface area contributed by atoms with Crippen LogP contribution < -0.4 is 19.1 Å². The molecule has 0 unspecified atom stereocenters. The maximum Gasteiger partial charge on any atom is 0.241 e. The smallest absolute Gasteiger partial charge is 0.241 e. The van der Waals surface area contributed by atoms with Gasteiger partial charge in [-0.15, -0.1) is 0 Å². The predicted octanol–water partition coefficient (Wildman–Crippen LogP) is 2.35. The van der Waals surface area contributed by atoms with Crippen LogP contribution in [0.1, 0.15) is 18.1 Å². The maximum absolute atomic E-state index is 12.4. The number of benzene rings is 2. The summed E-state index contributed by atoms with van der Waals surface area (Å²) in [6, 6.07) is 12.4. The molecular formula is C20H26N2O5S. The summed E-state index contributed by atoms with van der Waals surface area (Å²) in [5.74, 6) is 0.749. The maximum atomic E-state index is 12.4. The first-order valence-electron chi connectivity index (χ1n) is 8.82. The molecule has 0 saturated carbocycles. The van der Waals surface area contributed by atoms with Gasteiger partial charge in [0.2, 0.25) is 15.9 Å². The van der Waals surface area contributed by atoms with E-state index in [0.29, 0.717) is 17.2 Å². The van der Waals surface area contributed by atoms with Gasteiger partial charge in [-0.2, -0.15) is 0 Å². The van der Waals surface area contributed by atoms with E-state index in [2.05, 4.69) is 5.32 Å². The summed E-state index contributed by atoms with van der Waals surface area (Å²) >= 11 is 0. The van der Waals surface area contributed by atoms with Crippen LogP contribution in [-0.4, -0.2) is 41.3 Å².